The first-order valence-electron chi connectivity index (χ1n) is 6.02. The largest absolute Gasteiger partial charge is 0.398 e. The van der Waals surface area contributed by atoms with Gasteiger partial charge in [-0.1, -0.05) is 6.92 Å². The number of hydrogen-bond acceptors (Lipinski definition) is 4. The summed E-state index contributed by atoms with van der Waals surface area (Å²) in [5.74, 6) is 0. The first-order chi connectivity index (χ1) is 8.10. The van der Waals surface area contributed by atoms with Gasteiger partial charge in [0.2, 0.25) is 0 Å². The van der Waals surface area contributed by atoms with E-state index in [0.29, 0.717) is 0 Å². The maximum absolute atomic E-state index is 6.02. The van der Waals surface area contributed by atoms with Crippen LogP contribution in [-0.2, 0) is 11.3 Å². The third kappa shape index (κ3) is 3.68. The summed E-state index contributed by atoms with van der Waals surface area (Å²) in [6.45, 7) is 9.64. The lowest BCUT2D eigenvalue weighted by Crippen LogP contribution is -2.27. The molecule has 0 saturated heterocycles. The van der Waals surface area contributed by atoms with Crippen LogP contribution in [0.1, 0.15) is 23.7 Å². The molecule has 0 amide bonds. The normalized spacial score (nSPS) is 11.1. The average Bonchev–Trinajstić information content (AvgIpc) is 2.34. The highest BCUT2D eigenvalue weighted by Gasteiger charge is 2.10. The van der Waals surface area contributed by atoms with Crippen molar-refractivity contribution >= 4 is 5.69 Å². The van der Waals surface area contributed by atoms with Crippen LogP contribution in [0.15, 0.2) is 6.20 Å². The monoisotopic (exact) mass is 237 g/mol. The summed E-state index contributed by atoms with van der Waals surface area (Å²) in [6, 6.07) is 0. The molecule has 0 aliphatic rings. The Morgan fingerprint density at radius 1 is 1.41 bits per heavy atom. The SMILES string of the molecule is CCN(CCOC)Cc1ncc(C)c(N)c1C. The van der Waals surface area contributed by atoms with Crippen LogP contribution in [0.25, 0.3) is 0 Å². The fourth-order valence-electron chi connectivity index (χ4n) is 1.73. The van der Waals surface area contributed by atoms with E-state index in [-0.39, 0.29) is 0 Å². The molecule has 0 saturated carbocycles. The molecule has 0 unspecified atom stereocenters. The quantitative estimate of drug-likeness (QED) is 0.819. The highest BCUT2D eigenvalue weighted by molar-refractivity contribution is 5.53. The smallest absolute Gasteiger partial charge is 0.0593 e. The van der Waals surface area contributed by atoms with Crippen molar-refractivity contribution < 1.29 is 4.74 Å². The number of aromatic nitrogens is 1. The summed E-state index contributed by atoms with van der Waals surface area (Å²) >= 11 is 0. The lowest BCUT2D eigenvalue weighted by Gasteiger charge is -2.21. The van der Waals surface area contributed by atoms with E-state index in [1.54, 1.807) is 7.11 Å². The fourth-order valence-corrected chi connectivity index (χ4v) is 1.73. The third-order valence-corrected chi connectivity index (χ3v) is 3.11. The Kier molecular flexibility index (Phi) is 5.38. The van der Waals surface area contributed by atoms with E-state index in [1.165, 1.54) is 0 Å². The molecule has 0 aliphatic carbocycles. The predicted molar refractivity (Wildman–Crippen MR) is 71.0 cm³/mol. The van der Waals surface area contributed by atoms with Crippen molar-refractivity contribution in [2.45, 2.75) is 27.3 Å². The van der Waals surface area contributed by atoms with E-state index in [4.69, 9.17) is 10.5 Å². The van der Waals surface area contributed by atoms with Crippen molar-refractivity contribution in [2.24, 2.45) is 0 Å². The fraction of sp³-hybridized carbons (Fsp3) is 0.615. The Morgan fingerprint density at radius 2 is 2.12 bits per heavy atom. The topological polar surface area (TPSA) is 51.4 Å². The Bertz CT molecular complexity index is 366. The minimum atomic E-state index is 0.744. The number of nitrogen functional groups attached to an aromatic ring is 1. The summed E-state index contributed by atoms with van der Waals surface area (Å²) < 4.78 is 5.10. The number of hydrogen-bond donors (Lipinski definition) is 1. The first-order valence-corrected chi connectivity index (χ1v) is 6.02. The predicted octanol–water partition coefficient (Wildman–Crippen LogP) is 1.75. The number of anilines is 1. The van der Waals surface area contributed by atoms with E-state index in [2.05, 4.69) is 16.8 Å². The highest BCUT2D eigenvalue weighted by Crippen LogP contribution is 2.18. The molecule has 0 atom stereocenters. The van der Waals surface area contributed by atoms with Gasteiger partial charge in [0, 0.05) is 32.1 Å². The number of nitrogens with zero attached hydrogens (tertiary/aromatic N) is 2. The first kappa shape index (κ1) is 13.9. The van der Waals surface area contributed by atoms with Gasteiger partial charge in [-0.05, 0) is 31.5 Å². The van der Waals surface area contributed by atoms with E-state index in [0.717, 1.165) is 48.7 Å². The van der Waals surface area contributed by atoms with Crippen molar-refractivity contribution in [3.63, 3.8) is 0 Å². The molecule has 1 aromatic rings. The number of methoxy groups -OCH3 is 1. The number of ether oxygens (including phenoxy) is 1. The van der Waals surface area contributed by atoms with Gasteiger partial charge in [0.25, 0.3) is 0 Å². The Labute approximate surface area is 104 Å². The Morgan fingerprint density at radius 3 is 2.71 bits per heavy atom. The van der Waals surface area contributed by atoms with Crippen molar-refractivity contribution in [3.05, 3.63) is 23.0 Å². The van der Waals surface area contributed by atoms with E-state index in [9.17, 15) is 0 Å². The van der Waals surface area contributed by atoms with Crippen LogP contribution in [0.5, 0.6) is 0 Å². The molecule has 17 heavy (non-hydrogen) atoms. The molecule has 0 bridgehead atoms. The second kappa shape index (κ2) is 6.57. The van der Waals surface area contributed by atoms with Crippen LogP contribution >= 0.6 is 0 Å². The molecule has 0 aromatic carbocycles. The third-order valence-electron chi connectivity index (χ3n) is 3.11. The van der Waals surface area contributed by atoms with Gasteiger partial charge in [-0.3, -0.25) is 9.88 Å². The van der Waals surface area contributed by atoms with Crippen LogP contribution in [0, 0.1) is 13.8 Å². The van der Waals surface area contributed by atoms with Crippen LogP contribution in [-0.4, -0.2) is 36.7 Å². The zero-order chi connectivity index (χ0) is 12.8. The summed E-state index contributed by atoms with van der Waals surface area (Å²) in [4.78, 5) is 6.77. The molecule has 4 nitrogen and oxygen atoms in total. The Hall–Kier alpha value is -1.13. The molecule has 0 spiro atoms. The number of pyridine rings is 1. The van der Waals surface area contributed by atoms with E-state index in [1.807, 2.05) is 20.0 Å². The molecular weight excluding hydrogens is 214 g/mol. The number of rotatable bonds is 6. The van der Waals surface area contributed by atoms with Gasteiger partial charge in [0.05, 0.1) is 12.3 Å². The van der Waals surface area contributed by atoms with Gasteiger partial charge in [-0.2, -0.15) is 0 Å². The molecule has 1 rings (SSSR count). The van der Waals surface area contributed by atoms with Crippen LogP contribution in [0.2, 0.25) is 0 Å². The molecule has 0 aliphatic heterocycles. The van der Waals surface area contributed by atoms with Crippen LogP contribution in [0.4, 0.5) is 5.69 Å². The van der Waals surface area contributed by atoms with E-state index < -0.39 is 0 Å². The molecule has 96 valence electrons. The second-order valence-electron chi connectivity index (χ2n) is 4.29. The molecule has 1 aromatic heterocycles. The van der Waals surface area contributed by atoms with Crippen LogP contribution < -0.4 is 5.73 Å². The Balaban J connectivity index is 2.76. The highest BCUT2D eigenvalue weighted by atomic mass is 16.5. The number of likely N-dealkylation sites (N-methyl/N-ethyl adjacent to an activating group) is 1. The zero-order valence-electron chi connectivity index (χ0n) is 11.3. The van der Waals surface area contributed by atoms with Crippen molar-refractivity contribution in [1.29, 1.82) is 0 Å². The number of nitrogens with two attached hydrogens (primary N) is 1. The molecule has 4 heteroatoms. The van der Waals surface area contributed by atoms with Gasteiger partial charge in [0.1, 0.15) is 0 Å². The summed E-state index contributed by atoms with van der Waals surface area (Å²) in [5, 5.41) is 0. The summed E-state index contributed by atoms with van der Waals surface area (Å²) in [6.07, 6.45) is 1.85. The molecule has 1 heterocycles. The molecule has 0 fully saturated rings. The lowest BCUT2D eigenvalue weighted by molar-refractivity contribution is 0.146. The lowest BCUT2D eigenvalue weighted by atomic mass is 10.1. The average molecular weight is 237 g/mol. The second-order valence-corrected chi connectivity index (χ2v) is 4.29. The molecular formula is C13H23N3O. The number of aryl methyl sites for hydroxylation is 1. The van der Waals surface area contributed by atoms with Gasteiger partial charge in [-0.15, -0.1) is 0 Å². The minimum absolute atomic E-state index is 0.744. The minimum Gasteiger partial charge on any atom is -0.398 e. The van der Waals surface area contributed by atoms with Crippen molar-refractivity contribution in [2.75, 3.05) is 32.5 Å². The van der Waals surface area contributed by atoms with Crippen molar-refractivity contribution in [3.8, 4) is 0 Å². The standard InChI is InChI=1S/C13H23N3O/c1-5-16(6-7-17-4)9-12-11(3)13(14)10(2)8-15-12/h8H,5-7,9H2,1-4H3,(H2,14,15). The molecule has 2 N–H and O–H groups in total. The molecule has 0 radical (unpaired) electrons. The van der Waals surface area contributed by atoms with E-state index >= 15 is 0 Å². The van der Waals surface area contributed by atoms with Gasteiger partial charge < -0.3 is 10.5 Å². The van der Waals surface area contributed by atoms with Crippen molar-refractivity contribution in [1.82, 2.24) is 9.88 Å². The van der Waals surface area contributed by atoms with Gasteiger partial charge >= 0.3 is 0 Å². The summed E-state index contributed by atoms with van der Waals surface area (Å²) in [5.41, 5.74) is 10.1. The van der Waals surface area contributed by atoms with Gasteiger partial charge in [-0.25, -0.2) is 0 Å². The van der Waals surface area contributed by atoms with Gasteiger partial charge in [0.15, 0.2) is 0 Å². The maximum Gasteiger partial charge on any atom is 0.0593 e. The summed E-state index contributed by atoms with van der Waals surface area (Å²) in [7, 11) is 1.72. The maximum atomic E-state index is 6.02. The zero-order valence-corrected chi connectivity index (χ0v) is 11.3. The van der Waals surface area contributed by atoms with Crippen LogP contribution in [0.3, 0.4) is 0 Å².